The molecule has 1 unspecified atom stereocenters. The summed E-state index contributed by atoms with van der Waals surface area (Å²) in [4.78, 5) is 26.0. The molecule has 8 heteroatoms. The normalized spacial score (nSPS) is 12.1. The van der Waals surface area contributed by atoms with Gasteiger partial charge in [-0.25, -0.2) is 9.89 Å². The summed E-state index contributed by atoms with van der Waals surface area (Å²) in [6.07, 6.45) is 0.711. The monoisotopic (exact) mass is 364 g/mol. The van der Waals surface area contributed by atoms with Gasteiger partial charge in [0.15, 0.2) is 5.16 Å². The molecular weight excluding hydrogens is 340 g/mol. The number of nitrogens with one attached hydrogen (secondary N) is 1. The van der Waals surface area contributed by atoms with Gasteiger partial charge in [-0.05, 0) is 18.9 Å². The van der Waals surface area contributed by atoms with Crippen LogP contribution in [-0.2, 0) is 16.1 Å². The van der Waals surface area contributed by atoms with Crippen LogP contribution in [0.3, 0.4) is 0 Å². The molecule has 2 aromatic rings. The minimum absolute atomic E-state index is 0.0137. The number of carbonyl (C=O) groups excluding carboxylic acids is 1. The molecule has 1 aromatic carbocycles. The van der Waals surface area contributed by atoms with Gasteiger partial charge in [0, 0.05) is 27.3 Å². The Labute approximate surface area is 151 Å². The molecule has 0 aliphatic heterocycles. The van der Waals surface area contributed by atoms with Gasteiger partial charge >= 0.3 is 5.69 Å². The van der Waals surface area contributed by atoms with Gasteiger partial charge < -0.3 is 9.64 Å². The fourth-order valence-electron chi connectivity index (χ4n) is 2.38. The highest BCUT2D eigenvalue weighted by atomic mass is 32.2. The Morgan fingerprint density at radius 1 is 1.40 bits per heavy atom. The second-order valence-corrected chi connectivity index (χ2v) is 6.63. The second-order valence-electron chi connectivity index (χ2n) is 5.69. The van der Waals surface area contributed by atoms with Gasteiger partial charge in [-0.1, -0.05) is 42.1 Å². The molecule has 0 radical (unpaired) electrons. The van der Waals surface area contributed by atoms with E-state index in [2.05, 4.69) is 10.2 Å². The molecule has 1 amide bonds. The van der Waals surface area contributed by atoms with Crippen molar-refractivity contribution in [1.82, 2.24) is 19.7 Å². The highest BCUT2D eigenvalue weighted by Gasteiger charge is 2.19. The van der Waals surface area contributed by atoms with Gasteiger partial charge in [-0.2, -0.15) is 0 Å². The second kappa shape index (κ2) is 9.43. The van der Waals surface area contributed by atoms with E-state index in [1.54, 1.807) is 19.1 Å². The van der Waals surface area contributed by atoms with Crippen LogP contribution in [0.25, 0.3) is 0 Å². The number of aromatic amines is 1. The minimum Gasteiger partial charge on any atom is -0.385 e. The van der Waals surface area contributed by atoms with E-state index in [1.807, 2.05) is 37.3 Å². The lowest BCUT2D eigenvalue weighted by atomic mass is 10.1. The number of benzene rings is 1. The van der Waals surface area contributed by atoms with E-state index in [4.69, 9.17) is 4.74 Å². The van der Waals surface area contributed by atoms with E-state index in [0.29, 0.717) is 24.7 Å². The molecule has 0 saturated carbocycles. The van der Waals surface area contributed by atoms with Crippen LogP contribution in [0, 0.1) is 0 Å². The Bertz CT molecular complexity index is 729. The lowest BCUT2D eigenvalue weighted by Gasteiger charge is -2.25. The van der Waals surface area contributed by atoms with Crippen LogP contribution in [0.5, 0.6) is 0 Å². The van der Waals surface area contributed by atoms with Crippen molar-refractivity contribution in [3.63, 3.8) is 0 Å². The average molecular weight is 364 g/mol. The Morgan fingerprint density at radius 3 is 2.80 bits per heavy atom. The van der Waals surface area contributed by atoms with E-state index < -0.39 is 0 Å². The van der Waals surface area contributed by atoms with Crippen molar-refractivity contribution >= 4 is 17.7 Å². The lowest BCUT2D eigenvalue weighted by Crippen LogP contribution is -2.31. The van der Waals surface area contributed by atoms with Crippen molar-refractivity contribution in [3.05, 3.63) is 46.4 Å². The summed E-state index contributed by atoms with van der Waals surface area (Å²) < 4.78 is 6.54. The number of thioether (sulfide) groups is 1. The topological polar surface area (TPSA) is 80.2 Å². The molecule has 0 fully saturated rings. The van der Waals surface area contributed by atoms with Crippen LogP contribution < -0.4 is 5.69 Å². The molecule has 0 saturated heterocycles. The summed E-state index contributed by atoms with van der Waals surface area (Å²) in [5.74, 6) is 0.211. The first-order chi connectivity index (χ1) is 12.0. The number of carbonyl (C=O) groups is 1. The lowest BCUT2D eigenvalue weighted by molar-refractivity contribution is -0.128. The largest absolute Gasteiger partial charge is 0.385 e. The fraction of sp³-hybridized carbons (Fsp3) is 0.471. The maximum atomic E-state index is 12.5. The van der Waals surface area contributed by atoms with E-state index in [9.17, 15) is 9.59 Å². The number of ether oxygens (including phenoxy) is 1. The number of rotatable bonds is 9. The predicted molar refractivity (Wildman–Crippen MR) is 97.7 cm³/mol. The summed E-state index contributed by atoms with van der Waals surface area (Å²) in [7, 11) is 3.41. The smallest absolute Gasteiger partial charge is 0.343 e. The Morgan fingerprint density at radius 2 is 2.12 bits per heavy atom. The molecule has 25 heavy (non-hydrogen) atoms. The molecule has 136 valence electrons. The summed E-state index contributed by atoms with van der Waals surface area (Å²) in [5.41, 5.74) is 0.816. The number of hydrogen-bond donors (Lipinski definition) is 1. The summed E-state index contributed by atoms with van der Waals surface area (Å²) in [6, 6.07) is 9.86. The number of nitrogens with zero attached hydrogens (tertiary/aromatic N) is 3. The molecule has 0 aliphatic carbocycles. The van der Waals surface area contributed by atoms with Crippen molar-refractivity contribution < 1.29 is 9.53 Å². The first kappa shape index (κ1) is 19.3. The van der Waals surface area contributed by atoms with Gasteiger partial charge in [-0.3, -0.25) is 9.36 Å². The number of aromatic nitrogens is 3. The van der Waals surface area contributed by atoms with E-state index in [0.717, 1.165) is 5.56 Å². The quantitative estimate of drug-likeness (QED) is 0.543. The zero-order valence-electron chi connectivity index (χ0n) is 14.8. The van der Waals surface area contributed by atoms with E-state index >= 15 is 0 Å². The summed E-state index contributed by atoms with van der Waals surface area (Å²) >= 11 is 1.26. The van der Waals surface area contributed by atoms with Crippen LogP contribution in [0.4, 0.5) is 0 Å². The third-order valence-corrected chi connectivity index (χ3v) is 5.00. The third kappa shape index (κ3) is 5.20. The first-order valence-electron chi connectivity index (χ1n) is 8.12. The molecule has 2 rings (SSSR count). The fourth-order valence-corrected chi connectivity index (χ4v) is 3.27. The summed E-state index contributed by atoms with van der Waals surface area (Å²) in [6.45, 7) is 3.07. The molecule has 1 N–H and O–H groups in total. The van der Waals surface area contributed by atoms with Gasteiger partial charge in [0.2, 0.25) is 5.91 Å². The van der Waals surface area contributed by atoms with Crippen LogP contribution in [0.1, 0.15) is 24.9 Å². The number of H-pyrrole nitrogens is 1. The van der Waals surface area contributed by atoms with Crippen LogP contribution >= 0.6 is 11.8 Å². The van der Waals surface area contributed by atoms with Crippen molar-refractivity contribution in [2.75, 3.05) is 26.5 Å². The van der Waals surface area contributed by atoms with Crippen molar-refractivity contribution in [3.8, 4) is 0 Å². The van der Waals surface area contributed by atoms with Crippen molar-refractivity contribution in [2.24, 2.45) is 0 Å². The number of hydrogen-bond acceptors (Lipinski definition) is 5. The van der Waals surface area contributed by atoms with Crippen molar-refractivity contribution in [1.29, 1.82) is 0 Å². The Kier molecular flexibility index (Phi) is 7.27. The van der Waals surface area contributed by atoms with Crippen molar-refractivity contribution in [2.45, 2.75) is 31.1 Å². The maximum Gasteiger partial charge on any atom is 0.343 e. The number of methoxy groups -OCH3 is 1. The van der Waals surface area contributed by atoms with Gasteiger partial charge in [0.05, 0.1) is 11.8 Å². The predicted octanol–water partition coefficient (Wildman–Crippen LogP) is 1.92. The molecule has 7 nitrogen and oxygen atoms in total. The molecular formula is C17H24N4O3S. The molecule has 1 aromatic heterocycles. The third-order valence-electron chi connectivity index (χ3n) is 4.03. The Hall–Kier alpha value is -2.06. The summed E-state index contributed by atoms with van der Waals surface area (Å²) in [5, 5.41) is 6.97. The van der Waals surface area contributed by atoms with E-state index in [-0.39, 0.29) is 23.4 Å². The van der Waals surface area contributed by atoms with Crippen LogP contribution in [-0.4, -0.2) is 52.1 Å². The standard InChI is InChI=1S/C17H24N4O3S/c1-13(14-8-5-4-6-9-14)20(2)15(22)12-25-17-19-18-16(23)21(17)10-7-11-24-3/h4-6,8-9,13H,7,10-12H2,1-3H3,(H,18,23). The van der Waals surface area contributed by atoms with Gasteiger partial charge in [0.25, 0.3) is 0 Å². The maximum absolute atomic E-state index is 12.5. The SMILES string of the molecule is COCCCn1c(SCC(=O)N(C)C(C)c2ccccc2)n[nH]c1=O. The molecule has 0 spiro atoms. The first-order valence-corrected chi connectivity index (χ1v) is 9.10. The average Bonchev–Trinajstić information content (AvgIpc) is 2.99. The highest BCUT2D eigenvalue weighted by Crippen LogP contribution is 2.21. The molecule has 0 bridgehead atoms. The number of amides is 1. The van der Waals surface area contributed by atoms with Gasteiger partial charge in [0.1, 0.15) is 0 Å². The van der Waals surface area contributed by atoms with Gasteiger partial charge in [-0.15, -0.1) is 5.10 Å². The highest BCUT2D eigenvalue weighted by molar-refractivity contribution is 7.99. The minimum atomic E-state index is -0.267. The van der Waals surface area contributed by atoms with E-state index in [1.165, 1.54) is 16.3 Å². The molecule has 1 atom stereocenters. The Balaban J connectivity index is 1.94. The molecule has 0 aliphatic rings. The zero-order valence-corrected chi connectivity index (χ0v) is 15.6. The van der Waals surface area contributed by atoms with Crippen LogP contribution in [0.15, 0.2) is 40.3 Å². The van der Waals surface area contributed by atoms with Crippen LogP contribution in [0.2, 0.25) is 0 Å². The zero-order chi connectivity index (χ0) is 18.2. The molecule has 1 heterocycles.